The van der Waals surface area contributed by atoms with Gasteiger partial charge in [0.2, 0.25) is 10.0 Å². The van der Waals surface area contributed by atoms with Gasteiger partial charge >= 0.3 is 0 Å². The molecule has 0 unspecified atom stereocenters. The fraction of sp³-hybridized carbons (Fsp3) is 0.154. The molecule has 20 heavy (non-hydrogen) atoms. The number of primary sulfonamides is 1. The summed E-state index contributed by atoms with van der Waals surface area (Å²) in [7, 11) is -3.87. The minimum Gasteiger partial charge on any atom is -0.492 e. The smallest absolute Gasteiger partial charge is 0.241 e. The zero-order valence-electron chi connectivity index (χ0n) is 10.5. The van der Waals surface area contributed by atoms with E-state index < -0.39 is 10.0 Å². The molecular weight excluding hydrogens is 300 g/mol. The lowest BCUT2D eigenvalue weighted by Crippen LogP contribution is -2.14. The molecule has 0 saturated carbocycles. The van der Waals surface area contributed by atoms with Crippen molar-refractivity contribution in [1.82, 2.24) is 4.98 Å². The maximum atomic E-state index is 11.5. The van der Waals surface area contributed by atoms with Gasteiger partial charge in [0, 0.05) is 23.8 Å². The highest BCUT2D eigenvalue weighted by Gasteiger charge is 2.15. The highest BCUT2D eigenvalue weighted by Crippen LogP contribution is 2.26. The number of hydrogen-bond acceptors (Lipinski definition) is 4. The number of pyridine rings is 1. The van der Waals surface area contributed by atoms with Crippen molar-refractivity contribution in [2.24, 2.45) is 5.14 Å². The van der Waals surface area contributed by atoms with E-state index in [9.17, 15) is 8.42 Å². The zero-order chi connectivity index (χ0) is 14.6. The number of nitrogens with two attached hydrogens (primary N) is 1. The van der Waals surface area contributed by atoms with Gasteiger partial charge in [-0.2, -0.15) is 0 Å². The second-order valence-electron chi connectivity index (χ2n) is 4.10. The van der Waals surface area contributed by atoms with Gasteiger partial charge in [0.15, 0.2) is 0 Å². The van der Waals surface area contributed by atoms with Crippen LogP contribution in [0, 0.1) is 0 Å². The Kier molecular flexibility index (Phi) is 4.59. The van der Waals surface area contributed by atoms with Crippen LogP contribution in [-0.4, -0.2) is 20.0 Å². The molecule has 0 saturated heterocycles. The second kappa shape index (κ2) is 6.21. The van der Waals surface area contributed by atoms with Gasteiger partial charge in [-0.1, -0.05) is 17.7 Å². The predicted molar refractivity (Wildman–Crippen MR) is 76.3 cm³/mol. The Morgan fingerprint density at radius 1 is 1.30 bits per heavy atom. The van der Waals surface area contributed by atoms with E-state index in [0.717, 1.165) is 5.56 Å². The van der Waals surface area contributed by atoms with Crippen molar-refractivity contribution >= 4 is 21.6 Å². The molecule has 0 spiro atoms. The number of halogens is 1. The molecule has 2 N–H and O–H groups in total. The average Bonchev–Trinajstić information content (AvgIpc) is 2.40. The minimum absolute atomic E-state index is 0.115. The Morgan fingerprint density at radius 3 is 2.75 bits per heavy atom. The summed E-state index contributed by atoms with van der Waals surface area (Å²) in [5.74, 6) is 0.195. The Bertz CT molecular complexity index is 690. The van der Waals surface area contributed by atoms with Gasteiger partial charge in [0.05, 0.1) is 6.61 Å². The number of rotatable bonds is 5. The molecule has 1 aromatic carbocycles. The maximum Gasteiger partial charge on any atom is 0.241 e. The van der Waals surface area contributed by atoms with Gasteiger partial charge in [-0.05, 0) is 29.8 Å². The summed E-state index contributed by atoms with van der Waals surface area (Å²) >= 11 is 5.77. The molecule has 0 aliphatic rings. The predicted octanol–water partition coefficient (Wildman–Crippen LogP) is 2.00. The van der Waals surface area contributed by atoms with E-state index in [1.165, 1.54) is 12.1 Å². The molecule has 5 nitrogen and oxygen atoms in total. The first-order valence-corrected chi connectivity index (χ1v) is 7.73. The number of aromatic nitrogens is 1. The first-order chi connectivity index (χ1) is 9.47. The van der Waals surface area contributed by atoms with Crippen LogP contribution in [0.3, 0.4) is 0 Å². The molecule has 0 aliphatic carbocycles. The highest BCUT2D eigenvalue weighted by molar-refractivity contribution is 7.89. The van der Waals surface area contributed by atoms with E-state index >= 15 is 0 Å². The van der Waals surface area contributed by atoms with Crippen LogP contribution in [0.2, 0.25) is 5.02 Å². The van der Waals surface area contributed by atoms with Crippen LogP contribution in [0.25, 0.3) is 0 Å². The van der Waals surface area contributed by atoms with Crippen molar-refractivity contribution in [3.05, 3.63) is 53.3 Å². The normalized spacial score (nSPS) is 11.3. The lowest BCUT2D eigenvalue weighted by molar-refractivity contribution is 0.313. The summed E-state index contributed by atoms with van der Waals surface area (Å²) in [6.45, 7) is 0.315. The number of hydrogen-bond donors (Lipinski definition) is 1. The third-order valence-corrected chi connectivity index (χ3v) is 3.75. The van der Waals surface area contributed by atoms with Crippen LogP contribution in [0.5, 0.6) is 5.75 Å². The zero-order valence-corrected chi connectivity index (χ0v) is 12.1. The molecule has 1 heterocycles. The van der Waals surface area contributed by atoms with E-state index in [1.807, 2.05) is 12.1 Å². The van der Waals surface area contributed by atoms with Crippen molar-refractivity contribution in [3.8, 4) is 5.75 Å². The number of benzene rings is 1. The fourth-order valence-electron chi connectivity index (χ4n) is 1.65. The minimum atomic E-state index is -3.87. The molecule has 2 aromatic rings. The average molecular weight is 313 g/mol. The van der Waals surface area contributed by atoms with Crippen LogP contribution < -0.4 is 9.88 Å². The van der Waals surface area contributed by atoms with E-state index in [1.54, 1.807) is 18.5 Å². The highest BCUT2D eigenvalue weighted by atomic mass is 35.5. The van der Waals surface area contributed by atoms with Crippen molar-refractivity contribution in [3.63, 3.8) is 0 Å². The van der Waals surface area contributed by atoms with Crippen molar-refractivity contribution in [2.75, 3.05) is 6.61 Å². The van der Waals surface area contributed by atoms with E-state index in [-0.39, 0.29) is 15.7 Å². The van der Waals surface area contributed by atoms with Crippen molar-refractivity contribution in [2.45, 2.75) is 11.3 Å². The van der Waals surface area contributed by atoms with E-state index in [4.69, 9.17) is 21.5 Å². The summed E-state index contributed by atoms with van der Waals surface area (Å²) in [6, 6.07) is 8.06. The molecule has 0 radical (unpaired) electrons. The molecule has 0 fully saturated rings. The van der Waals surface area contributed by atoms with E-state index in [0.29, 0.717) is 13.0 Å². The van der Waals surface area contributed by atoms with Gasteiger partial charge < -0.3 is 4.74 Å². The standard InChI is InChI=1S/C13H13ClN2O3S/c14-11-3-4-12(13(8-11)20(15,17)18)19-7-5-10-2-1-6-16-9-10/h1-4,6,8-9H,5,7H2,(H2,15,17,18). The molecule has 0 amide bonds. The first-order valence-electron chi connectivity index (χ1n) is 5.81. The molecule has 2 rings (SSSR count). The molecule has 7 heteroatoms. The SMILES string of the molecule is NS(=O)(=O)c1cc(Cl)ccc1OCCc1cccnc1. The van der Waals surface area contributed by atoms with Gasteiger partial charge in [0.25, 0.3) is 0 Å². The number of ether oxygens (including phenoxy) is 1. The number of nitrogens with zero attached hydrogens (tertiary/aromatic N) is 1. The van der Waals surface area contributed by atoms with Crippen LogP contribution in [-0.2, 0) is 16.4 Å². The summed E-state index contributed by atoms with van der Waals surface area (Å²) in [5, 5.41) is 5.42. The van der Waals surface area contributed by atoms with Gasteiger partial charge in [-0.25, -0.2) is 13.6 Å². The summed E-state index contributed by atoms with van der Waals surface area (Å²) in [5.41, 5.74) is 0.999. The summed E-state index contributed by atoms with van der Waals surface area (Å²) in [4.78, 5) is 3.88. The molecule has 0 atom stereocenters. The topological polar surface area (TPSA) is 82.3 Å². The Morgan fingerprint density at radius 2 is 2.10 bits per heavy atom. The van der Waals surface area contributed by atoms with Crippen LogP contribution in [0.15, 0.2) is 47.6 Å². The monoisotopic (exact) mass is 312 g/mol. The van der Waals surface area contributed by atoms with Crippen molar-refractivity contribution < 1.29 is 13.2 Å². The lowest BCUT2D eigenvalue weighted by atomic mass is 10.2. The Hall–Kier alpha value is -1.63. The molecule has 0 aliphatic heterocycles. The first kappa shape index (κ1) is 14.8. The number of sulfonamides is 1. The van der Waals surface area contributed by atoms with Gasteiger partial charge in [0.1, 0.15) is 10.6 Å². The maximum absolute atomic E-state index is 11.5. The molecule has 106 valence electrons. The van der Waals surface area contributed by atoms with Crippen LogP contribution in [0.1, 0.15) is 5.56 Å². The van der Waals surface area contributed by atoms with Crippen LogP contribution in [0.4, 0.5) is 0 Å². The molecular formula is C13H13ClN2O3S. The Balaban J connectivity index is 2.10. The van der Waals surface area contributed by atoms with E-state index in [2.05, 4.69) is 4.98 Å². The summed E-state index contributed by atoms with van der Waals surface area (Å²) < 4.78 is 28.4. The molecule has 1 aromatic heterocycles. The van der Waals surface area contributed by atoms with Crippen LogP contribution >= 0.6 is 11.6 Å². The third-order valence-electron chi connectivity index (χ3n) is 2.58. The molecule has 0 bridgehead atoms. The van der Waals surface area contributed by atoms with Gasteiger partial charge in [-0.3, -0.25) is 4.98 Å². The second-order valence-corrected chi connectivity index (χ2v) is 6.06. The quantitative estimate of drug-likeness (QED) is 0.915. The Labute approximate surface area is 122 Å². The lowest BCUT2D eigenvalue weighted by Gasteiger charge is -2.10. The third kappa shape index (κ3) is 3.93. The summed E-state index contributed by atoms with van der Waals surface area (Å²) in [6.07, 6.45) is 4.02. The fourth-order valence-corrected chi connectivity index (χ4v) is 2.58. The van der Waals surface area contributed by atoms with Gasteiger partial charge in [-0.15, -0.1) is 0 Å². The largest absolute Gasteiger partial charge is 0.492 e. The van der Waals surface area contributed by atoms with Crippen molar-refractivity contribution in [1.29, 1.82) is 0 Å².